The molecule has 0 aliphatic carbocycles. The summed E-state index contributed by atoms with van der Waals surface area (Å²) >= 11 is 6.09. The van der Waals surface area contributed by atoms with Crippen LogP contribution in [0.2, 0.25) is 5.02 Å². The second-order valence-electron chi connectivity index (χ2n) is 7.67. The van der Waals surface area contributed by atoms with Crippen molar-refractivity contribution in [1.82, 2.24) is 0 Å². The fourth-order valence-electron chi connectivity index (χ4n) is 3.07. The van der Waals surface area contributed by atoms with E-state index in [1.165, 1.54) is 5.56 Å². The minimum atomic E-state index is -0.388. The minimum absolute atomic E-state index is 0.0344. The summed E-state index contributed by atoms with van der Waals surface area (Å²) in [4.78, 5) is 26.6. The zero-order chi connectivity index (χ0) is 18.9. The summed E-state index contributed by atoms with van der Waals surface area (Å²) in [5.74, 6) is -0.603. The van der Waals surface area contributed by atoms with Gasteiger partial charge in [0.05, 0.1) is 16.6 Å². The Hall–Kier alpha value is -2.33. The summed E-state index contributed by atoms with van der Waals surface area (Å²) in [5, 5.41) is 3.31. The van der Waals surface area contributed by atoms with Crippen LogP contribution >= 0.6 is 11.6 Å². The lowest BCUT2D eigenvalue weighted by Gasteiger charge is -2.21. The van der Waals surface area contributed by atoms with E-state index < -0.39 is 0 Å². The highest BCUT2D eigenvalue weighted by atomic mass is 35.5. The van der Waals surface area contributed by atoms with E-state index in [9.17, 15) is 9.59 Å². The topological polar surface area (TPSA) is 49.4 Å². The molecule has 136 valence electrons. The first kappa shape index (κ1) is 18.5. The van der Waals surface area contributed by atoms with Crippen LogP contribution in [0.3, 0.4) is 0 Å². The smallest absolute Gasteiger partial charge is 0.229 e. The van der Waals surface area contributed by atoms with Crippen molar-refractivity contribution in [2.24, 2.45) is 5.92 Å². The average Bonchev–Trinajstić information content (AvgIpc) is 2.98. The van der Waals surface area contributed by atoms with Gasteiger partial charge < -0.3 is 10.2 Å². The predicted octanol–water partition coefficient (Wildman–Crippen LogP) is 4.63. The van der Waals surface area contributed by atoms with Gasteiger partial charge in [-0.1, -0.05) is 56.6 Å². The van der Waals surface area contributed by atoms with Crippen molar-refractivity contribution in [3.05, 3.63) is 59.1 Å². The van der Waals surface area contributed by atoms with E-state index >= 15 is 0 Å². The molecule has 1 fully saturated rings. The molecule has 1 saturated heterocycles. The standard InChI is InChI=1S/C21H23ClN2O2/c1-21(2,3)15-8-10-16(11-9-15)24-13-14(12-19(24)25)20(26)23-18-7-5-4-6-17(18)22/h4-11,14H,12-13H2,1-3H3,(H,23,26). The van der Waals surface area contributed by atoms with Gasteiger partial charge in [0.15, 0.2) is 0 Å². The number of benzene rings is 2. The van der Waals surface area contributed by atoms with Crippen LogP contribution in [0.25, 0.3) is 0 Å². The van der Waals surface area contributed by atoms with Crippen LogP contribution < -0.4 is 10.2 Å². The Balaban J connectivity index is 1.70. The van der Waals surface area contributed by atoms with Crippen molar-refractivity contribution < 1.29 is 9.59 Å². The van der Waals surface area contributed by atoms with Gasteiger partial charge in [0, 0.05) is 18.7 Å². The van der Waals surface area contributed by atoms with Crippen molar-refractivity contribution in [2.75, 3.05) is 16.8 Å². The van der Waals surface area contributed by atoms with E-state index in [4.69, 9.17) is 11.6 Å². The molecule has 1 aliphatic rings. The number of carbonyl (C=O) groups excluding carboxylic acids is 2. The number of nitrogens with one attached hydrogen (secondary N) is 1. The maximum atomic E-state index is 12.5. The van der Waals surface area contributed by atoms with Gasteiger partial charge in [0.2, 0.25) is 11.8 Å². The quantitative estimate of drug-likeness (QED) is 0.856. The SMILES string of the molecule is CC(C)(C)c1ccc(N2CC(C(=O)Nc3ccccc3Cl)CC2=O)cc1. The van der Waals surface area contributed by atoms with E-state index in [1.54, 1.807) is 23.1 Å². The highest BCUT2D eigenvalue weighted by Gasteiger charge is 2.35. The lowest BCUT2D eigenvalue weighted by molar-refractivity contribution is -0.122. The van der Waals surface area contributed by atoms with E-state index in [1.807, 2.05) is 30.3 Å². The molecule has 5 heteroatoms. The summed E-state index contributed by atoms with van der Waals surface area (Å²) in [6, 6.07) is 15.1. The molecule has 2 aromatic rings. The molecule has 0 bridgehead atoms. The van der Waals surface area contributed by atoms with Gasteiger partial charge in [-0.25, -0.2) is 0 Å². The number of amides is 2. The molecule has 3 rings (SSSR count). The number of rotatable bonds is 3. The van der Waals surface area contributed by atoms with Gasteiger partial charge in [-0.15, -0.1) is 0 Å². The van der Waals surface area contributed by atoms with E-state index in [2.05, 4.69) is 26.1 Å². The summed E-state index contributed by atoms with van der Waals surface area (Å²) in [5.41, 5.74) is 2.67. The van der Waals surface area contributed by atoms with Crippen LogP contribution in [0, 0.1) is 5.92 Å². The van der Waals surface area contributed by atoms with Gasteiger partial charge in [-0.05, 0) is 35.2 Å². The highest BCUT2D eigenvalue weighted by molar-refractivity contribution is 6.33. The minimum Gasteiger partial charge on any atom is -0.324 e. The van der Waals surface area contributed by atoms with Crippen LogP contribution in [-0.2, 0) is 15.0 Å². The van der Waals surface area contributed by atoms with E-state index in [-0.39, 0.29) is 29.6 Å². The molecule has 0 spiro atoms. The highest BCUT2D eigenvalue weighted by Crippen LogP contribution is 2.30. The first-order chi connectivity index (χ1) is 12.3. The summed E-state index contributed by atoms with van der Waals surface area (Å²) < 4.78 is 0. The number of hydrogen-bond acceptors (Lipinski definition) is 2. The predicted molar refractivity (Wildman–Crippen MR) is 106 cm³/mol. The molecule has 1 unspecified atom stereocenters. The molecule has 0 saturated carbocycles. The lowest BCUT2D eigenvalue weighted by atomic mass is 9.87. The molecular formula is C21H23ClN2O2. The molecule has 0 radical (unpaired) electrons. The van der Waals surface area contributed by atoms with Crippen molar-refractivity contribution in [3.8, 4) is 0 Å². The Bertz CT molecular complexity index is 825. The van der Waals surface area contributed by atoms with Crippen molar-refractivity contribution in [1.29, 1.82) is 0 Å². The zero-order valence-electron chi connectivity index (χ0n) is 15.3. The van der Waals surface area contributed by atoms with Crippen LogP contribution in [-0.4, -0.2) is 18.4 Å². The maximum absolute atomic E-state index is 12.5. The Morgan fingerprint density at radius 2 is 1.77 bits per heavy atom. The summed E-state index contributed by atoms with van der Waals surface area (Å²) in [7, 11) is 0. The normalized spacial score (nSPS) is 17.5. The largest absolute Gasteiger partial charge is 0.324 e. The van der Waals surface area contributed by atoms with Crippen LogP contribution in [0.4, 0.5) is 11.4 Å². The van der Waals surface area contributed by atoms with Crippen molar-refractivity contribution in [3.63, 3.8) is 0 Å². The second-order valence-corrected chi connectivity index (χ2v) is 8.08. The van der Waals surface area contributed by atoms with Gasteiger partial charge >= 0.3 is 0 Å². The molecule has 1 N–H and O–H groups in total. The van der Waals surface area contributed by atoms with Crippen LogP contribution in [0.1, 0.15) is 32.8 Å². The fourth-order valence-corrected chi connectivity index (χ4v) is 3.25. The van der Waals surface area contributed by atoms with Gasteiger partial charge in [-0.2, -0.15) is 0 Å². The number of halogens is 1. The number of carbonyl (C=O) groups is 2. The van der Waals surface area contributed by atoms with Gasteiger partial charge in [0.1, 0.15) is 0 Å². The molecule has 26 heavy (non-hydrogen) atoms. The number of anilines is 2. The third-order valence-electron chi connectivity index (χ3n) is 4.67. The van der Waals surface area contributed by atoms with Crippen LogP contribution in [0.15, 0.2) is 48.5 Å². The third-order valence-corrected chi connectivity index (χ3v) is 5.00. The Kier molecular flexibility index (Phi) is 5.05. The van der Waals surface area contributed by atoms with Crippen molar-refractivity contribution >= 4 is 34.8 Å². The molecule has 0 aromatic heterocycles. The lowest BCUT2D eigenvalue weighted by Crippen LogP contribution is -2.28. The van der Waals surface area contributed by atoms with Gasteiger partial charge in [0.25, 0.3) is 0 Å². The molecule has 1 aliphatic heterocycles. The first-order valence-electron chi connectivity index (χ1n) is 8.72. The zero-order valence-corrected chi connectivity index (χ0v) is 16.0. The Labute approximate surface area is 159 Å². The number of nitrogens with zero attached hydrogens (tertiary/aromatic N) is 1. The molecule has 1 heterocycles. The Morgan fingerprint density at radius 1 is 1.12 bits per heavy atom. The molecule has 1 atom stereocenters. The summed E-state index contributed by atoms with van der Waals surface area (Å²) in [6.07, 6.45) is 0.206. The second kappa shape index (κ2) is 7.12. The van der Waals surface area contributed by atoms with E-state index in [0.717, 1.165) is 5.69 Å². The Morgan fingerprint density at radius 3 is 2.38 bits per heavy atom. The maximum Gasteiger partial charge on any atom is 0.229 e. The molecule has 2 aromatic carbocycles. The first-order valence-corrected chi connectivity index (χ1v) is 9.10. The molecule has 4 nitrogen and oxygen atoms in total. The summed E-state index contributed by atoms with van der Waals surface area (Å²) in [6.45, 7) is 6.83. The number of hydrogen-bond donors (Lipinski definition) is 1. The molecular weight excluding hydrogens is 348 g/mol. The van der Waals surface area contributed by atoms with Gasteiger partial charge in [-0.3, -0.25) is 9.59 Å². The van der Waals surface area contributed by atoms with Crippen molar-refractivity contribution in [2.45, 2.75) is 32.6 Å². The van der Waals surface area contributed by atoms with E-state index in [0.29, 0.717) is 17.3 Å². The third kappa shape index (κ3) is 3.91. The number of para-hydroxylation sites is 1. The monoisotopic (exact) mass is 370 g/mol. The fraction of sp³-hybridized carbons (Fsp3) is 0.333. The average molecular weight is 371 g/mol. The van der Waals surface area contributed by atoms with Crippen LogP contribution in [0.5, 0.6) is 0 Å². The molecule has 2 amide bonds.